The highest BCUT2D eigenvalue weighted by Crippen LogP contribution is 2.27. The summed E-state index contributed by atoms with van der Waals surface area (Å²) in [5.41, 5.74) is 5.20. The van der Waals surface area contributed by atoms with Crippen LogP contribution in [0.2, 0.25) is 0 Å². The number of pyridine rings is 2. The fourth-order valence-corrected chi connectivity index (χ4v) is 3.84. The lowest BCUT2D eigenvalue weighted by Crippen LogP contribution is -2.21. The molecule has 0 fully saturated rings. The van der Waals surface area contributed by atoms with E-state index in [1.54, 1.807) is 10.8 Å². The van der Waals surface area contributed by atoms with Crippen LogP contribution in [0.3, 0.4) is 0 Å². The van der Waals surface area contributed by atoms with Crippen molar-refractivity contribution in [1.82, 2.24) is 9.55 Å². The Kier molecular flexibility index (Phi) is 3.80. The molecule has 0 aliphatic heterocycles. The Hall–Kier alpha value is -3.72. The lowest BCUT2D eigenvalue weighted by molar-refractivity contribution is 1.05. The van der Waals surface area contributed by atoms with Gasteiger partial charge in [0, 0.05) is 17.1 Å². The molecule has 134 valence electrons. The van der Waals surface area contributed by atoms with E-state index in [2.05, 4.69) is 4.98 Å². The zero-order valence-electron chi connectivity index (χ0n) is 15.5. The van der Waals surface area contributed by atoms with Gasteiger partial charge in [-0.2, -0.15) is 0 Å². The number of para-hydroxylation sites is 2. The van der Waals surface area contributed by atoms with Crippen molar-refractivity contribution in [2.75, 3.05) is 0 Å². The summed E-state index contributed by atoms with van der Waals surface area (Å²) in [6, 6.07) is 27.9. The van der Waals surface area contributed by atoms with Gasteiger partial charge in [-0.1, -0.05) is 60.7 Å². The Balaban J connectivity index is 1.95. The summed E-state index contributed by atoms with van der Waals surface area (Å²) in [6.45, 7) is 2.04. The molecule has 2 heterocycles. The van der Waals surface area contributed by atoms with Gasteiger partial charge >= 0.3 is 0 Å². The van der Waals surface area contributed by atoms with Crippen LogP contribution in [0, 0.1) is 6.92 Å². The number of nitrogens with zero attached hydrogens (tertiary/aromatic N) is 2. The van der Waals surface area contributed by atoms with E-state index in [0.29, 0.717) is 5.56 Å². The molecule has 0 aliphatic rings. The van der Waals surface area contributed by atoms with Crippen LogP contribution < -0.4 is 5.56 Å². The third-order valence-corrected chi connectivity index (χ3v) is 5.20. The minimum atomic E-state index is -0.0360. The summed E-state index contributed by atoms with van der Waals surface area (Å²) in [4.78, 5) is 18.3. The van der Waals surface area contributed by atoms with E-state index >= 15 is 0 Å². The first kappa shape index (κ1) is 16.5. The second-order valence-electron chi connectivity index (χ2n) is 6.92. The molecule has 0 unspecified atom stereocenters. The Morgan fingerprint density at radius 1 is 0.750 bits per heavy atom. The molecular weight excluding hydrogens is 344 g/mol. The topological polar surface area (TPSA) is 34.9 Å². The van der Waals surface area contributed by atoms with E-state index in [-0.39, 0.29) is 5.56 Å². The first-order valence-corrected chi connectivity index (χ1v) is 9.29. The molecule has 0 aliphatic carbocycles. The third kappa shape index (κ3) is 2.52. The monoisotopic (exact) mass is 362 g/mol. The van der Waals surface area contributed by atoms with Gasteiger partial charge in [0.1, 0.15) is 0 Å². The average Bonchev–Trinajstić information content (AvgIpc) is 2.74. The number of hydrogen-bond donors (Lipinski definition) is 0. The summed E-state index contributed by atoms with van der Waals surface area (Å²) >= 11 is 0. The molecular formula is C25H18N2O. The number of aromatic nitrogens is 2. The molecule has 0 bridgehead atoms. The van der Waals surface area contributed by atoms with Crippen LogP contribution in [-0.4, -0.2) is 9.55 Å². The molecule has 2 aromatic heterocycles. The quantitative estimate of drug-likeness (QED) is 0.415. The van der Waals surface area contributed by atoms with E-state index in [1.807, 2.05) is 91.9 Å². The van der Waals surface area contributed by atoms with Gasteiger partial charge in [0.15, 0.2) is 0 Å². The summed E-state index contributed by atoms with van der Waals surface area (Å²) in [7, 11) is 0. The molecule has 5 rings (SSSR count). The van der Waals surface area contributed by atoms with E-state index < -0.39 is 0 Å². The third-order valence-electron chi connectivity index (χ3n) is 5.20. The first-order chi connectivity index (χ1) is 13.7. The predicted octanol–water partition coefficient (Wildman–Crippen LogP) is 5.51. The van der Waals surface area contributed by atoms with Crippen LogP contribution in [-0.2, 0) is 0 Å². The van der Waals surface area contributed by atoms with Gasteiger partial charge < -0.3 is 0 Å². The van der Waals surface area contributed by atoms with Gasteiger partial charge in [0.2, 0.25) is 0 Å². The molecule has 28 heavy (non-hydrogen) atoms. The minimum Gasteiger partial charge on any atom is -0.274 e. The molecule has 3 aromatic carbocycles. The van der Waals surface area contributed by atoms with Crippen molar-refractivity contribution in [2.45, 2.75) is 6.92 Å². The molecule has 0 amide bonds. The Morgan fingerprint density at radius 3 is 2.39 bits per heavy atom. The number of aryl methyl sites for hydroxylation is 1. The van der Waals surface area contributed by atoms with Crippen LogP contribution in [0.1, 0.15) is 5.56 Å². The standard InChI is InChI=1S/C25H18N2O/c1-17-8-2-4-12-20(17)21-16-19-9-3-5-13-22(19)27(25(21)28)23-14-6-10-18-11-7-15-26-24(18)23/h2-16H,1H3. The maximum absolute atomic E-state index is 13.7. The van der Waals surface area contributed by atoms with Crippen molar-refractivity contribution in [3.8, 4) is 16.8 Å². The van der Waals surface area contributed by atoms with Crippen molar-refractivity contribution in [2.24, 2.45) is 0 Å². The second kappa shape index (κ2) is 6.46. The highest BCUT2D eigenvalue weighted by molar-refractivity contribution is 5.91. The van der Waals surface area contributed by atoms with Gasteiger partial charge in [-0.3, -0.25) is 14.3 Å². The van der Waals surface area contributed by atoms with Gasteiger partial charge in [-0.15, -0.1) is 0 Å². The van der Waals surface area contributed by atoms with E-state index in [0.717, 1.165) is 38.6 Å². The smallest absolute Gasteiger partial charge is 0.263 e. The molecule has 0 N–H and O–H groups in total. The molecule has 5 aromatic rings. The lowest BCUT2D eigenvalue weighted by Gasteiger charge is -2.15. The summed E-state index contributed by atoms with van der Waals surface area (Å²) in [5.74, 6) is 0. The van der Waals surface area contributed by atoms with Crippen LogP contribution in [0.5, 0.6) is 0 Å². The maximum Gasteiger partial charge on any atom is 0.263 e. The predicted molar refractivity (Wildman–Crippen MR) is 115 cm³/mol. The molecule has 0 saturated heterocycles. The van der Waals surface area contributed by atoms with Crippen molar-refractivity contribution in [3.63, 3.8) is 0 Å². The molecule has 0 radical (unpaired) electrons. The van der Waals surface area contributed by atoms with Crippen molar-refractivity contribution in [1.29, 1.82) is 0 Å². The van der Waals surface area contributed by atoms with Crippen molar-refractivity contribution < 1.29 is 0 Å². The summed E-state index contributed by atoms with van der Waals surface area (Å²) < 4.78 is 1.80. The van der Waals surface area contributed by atoms with Crippen molar-refractivity contribution >= 4 is 21.8 Å². The fourth-order valence-electron chi connectivity index (χ4n) is 3.84. The lowest BCUT2D eigenvalue weighted by atomic mass is 10.00. The molecule has 3 nitrogen and oxygen atoms in total. The SMILES string of the molecule is Cc1ccccc1-c1cc2ccccc2n(-c2cccc3cccnc23)c1=O. The Morgan fingerprint density at radius 2 is 1.50 bits per heavy atom. The summed E-state index contributed by atoms with van der Waals surface area (Å²) in [6.07, 6.45) is 1.77. The Bertz CT molecular complexity index is 1390. The summed E-state index contributed by atoms with van der Waals surface area (Å²) in [5, 5.41) is 2.03. The highest BCUT2D eigenvalue weighted by atomic mass is 16.1. The molecule has 0 atom stereocenters. The van der Waals surface area contributed by atoms with E-state index in [1.165, 1.54) is 0 Å². The first-order valence-electron chi connectivity index (χ1n) is 9.29. The average molecular weight is 362 g/mol. The zero-order chi connectivity index (χ0) is 19.1. The van der Waals surface area contributed by atoms with Crippen molar-refractivity contribution in [3.05, 3.63) is 107 Å². The minimum absolute atomic E-state index is 0.0360. The van der Waals surface area contributed by atoms with Crippen LogP contribution in [0.15, 0.2) is 95.9 Å². The number of fused-ring (bicyclic) bond motifs is 2. The van der Waals surface area contributed by atoms with Gasteiger partial charge in [0.05, 0.1) is 16.7 Å². The van der Waals surface area contributed by atoms with Gasteiger partial charge in [-0.05, 0) is 47.7 Å². The largest absolute Gasteiger partial charge is 0.274 e. The zero-order valence-corrected chi connectivity index (χ0v) is 15.5. The van der Waals surface area contributed by atoms with Gasteiger partial charge in [0.25, 0.3) is 5.56 Å². The normalized spacial score (nSPS) is 11.2. The van der Waals surface area contributed by atoms with E-state index in [9.17, 15) is 4.79 Å². The van der Waals surface area contributed by atoms with Crippen LogP contribution in [0.4, 0.5) is 0 Å². The van der Waals surface area contributed by atoms with Gasteiger partial charge in [-0.25, -0.2) is 0 Å². The molecule has 3 heteroatoms. The molecule has 0 spiro atoms. The Labute approximate surface area is 162 Å². The highest BCUT2D eigenvalue weighted by Gasteiger charge is 2.15. The second-order valence-corrected chi connectivity index (χ2v) is 6.92. The number of benzene rings is 3. The molecule has 0 saturated carbocycles. The maximum atomic E-state index is 13.7. The fraction of sp³-hybridized carbons (Fsp3) is 0.0400. The number of rotatable bonds is 2. The number of hydrogen-bond acceptors (Lipinski definition) is 2. The van der Waals surface area contributed by atoms with Crippen LogP contribution >= 0.6 is 0 Å². The van der Waals surface area contributed by atoms with E-state index in [4.69, 9.17) is 0 Å². The van der Waals surface area contributed by atoms with Crippen LogP contribution in [0.25, 0.3) is 38.6 Å².